The summed E-state index contributed by atoms with van der Waals surface area (Å²) in [6, 6.07) is 7.54. The van der Waals surface area contributed by atoms with Crippen LogP contribution in [0.5, 0.6) is 23.0 Å². The maximum atomic E-state index is 11.1. The molecular weight excluding hydrogens is 591 g/mol. The van der Waals surface area contributed by atoms with E-state index < -0.39 is 0 Å². The van der Waals surface area contributed by atoms with E-state index >= 15 is 0 Å². The summed E-state index contributed by atoms with van der Waals surface area (Å²) in [6.07, 6.45) is 7.62. The number of phenols is 2. The summed E-state index contributed by atoms with van der Waals surface area (Å²) in [6.45, 7) is 20.5. The Labute approximate surface area is 270 Å². The Bertz CT molecular complexity index is 1130. The molecule has 1 radical (unpaired) electrons. The van der Waals surface area contributed by atoms with Crippen LogP contribution in [0.4, 0.5) is 0 Å². The summed E-state index contributed by atoms with van der Waals surface area (Å²) in [7, 11) is 0. The Morgan fingerprint density at radius 2 is 1.02 bits per heavy atom. The molecule has 0 bridgehead atoms. The summed E-state index contributed by atoms with van der Waals surface area (Å²) in [5, 5.41) is 22.2. The molecule has 2 aromatic carbocycles. The van der Waals surface area contributed by atoms with Crippen LogP contribution < -0.4 is 21.9 Å². The van der Waals surface area contributed by atoms with E-state index in [0.717, 1.165) is 48.3 Å². The van der Waals surface area contributed by atoms with E-state index in [2.05, 4.69) is 41.5 Å². The number of aromatic hydroxyl groups is 2. The topological polar surface area (TPSA) is 83.6 Å². The van der Waals surface area contributed by atoms with Crippen molar-refractivity contribution in [2.75, 3.05) is 0 Å². The van der Waals surface area contributed by atoms with E-state index in [-0.39, 0.29) is 76.1 Å². The van der Waals surface area contributed by atoms with Crippen LogP contribution in [0.1, 0.15) is 117 Å². The van der Waals surface area contributed by atoms with Gasteiger partial charge >= 0.3 is 0 Å². The number of hydrogen-bond acceptors (Lipinski definition) is 6. The largest absolute Gasteiger partial charge is 1.00 e. The van der Waals surface area contributed by atoms with Crippen LogP contribution in [-0.4, -0.2) is 46.9 Å². The maximum Gasteiger partial charge on any atom is 0.128 e. The van der Waals surface area contributed by atoms with E-state index in [1.165, 1.54) is 0 Å². The van der Waals surface area contributed by atoms with Crippen LogP contribution in [0.15, 0.2) is 34.3 Å². The van der Waals surface area contributed by atoms with Crippen molar-refractivity contribution < 1.29 is 49.2 Å². The maximum absolute atomic E-state index is 11.1. The van der Waals surface area contributed by atoms with Crippen LogP contribution in [0.2, 0.25) is 0 Å². The zero-order valence-electron chi connectivity index (χ0n) is 27.0. The minimum absolute atomic E-state index is 0. The average molecular weight is 641 g/mol. The summed E-state index contributed by atoms with van der Waals surface area (Å²) >= 11 is 0. The Kier molecular flexibility index (Phi) is 14.0. The first-order chi connectivity index (χ1) is 18.6. The number of ether oxygens (including phenoxy) is 2. The van der Waals surface area contributed by atoms with E-state index in [4.69, 9.17) is 19.5 Å². The molecule has 1 aliphatic rings. The fourth-order valence-electron chi connectivity index (χ4n) is 5.07. The van der Waals surface area contributed by atoms with Gasteiger partial charge in [-0.25, -0.2) is 0 Å². The molecule has 1 fully saturated rings. The molecule has 42 heavy (non-hydrogen) atoms. The molecular formula is C34H50ClMnN2O4-. The quantitative estimate of drug-likeness (QED) is 0.310. The zero-order valence-corrected chi connectivity index (χ0v) is 28.9. The second-order valence-corrected chi connectivity index (χ2v) is 13.6. The van der Waals surface area contributed by atoms with Crippen LogP contribution in [0.25, 0.3) is 0 Å². The van der Waals surface area contributed by atoms with Crippen LogP contribution in [0, 0.1) is 0 Å². The number of halogens is 1. The first kappa shape index (κ1) is 37.8. The number of benzene rings is 2. The van der Waals surface area contributed by atoms with Gasteiger partial charge in [-0.15, -0.1) is 0 Å². The van der Waals surface area contributed by atoms with Crippen LogP contribution >= 0.6 is 0 Å². The second-order valence-electron chi connectivity index (χ2n) is 13.6. The number of nitrogens with zero attached hydrogens (tertiary/aromatic N) is 2. The summed E-state index contributed by atoms with van der Waals surface area (Å²) < 4.78 is 12.0. The number of phenolic OH excluding ortho intramolecular Hbond substituents is 2. The smallest absolute Gasteiger partial charge is 0.128 e. The van der Waals surface area contributed by atoms with E-state index in [1.54, 1.807) is 12.4 Å². The van der Waals surface area contributed by atoms with Gasteiger partial charge in [0.1, 0.15) is 23.0 Å². The van der Waals surface area contributed by atoms with Crippen molar-refractivity contribution in [3.05, 3.63) is 46.5 Å². The van der Waals surface area contributed by atoms with Crippen molar-refractivity contribution in [2.45, 2.75) is 130 Å². The third-order valence-corrected chi connectivity index (χ3v) is 7.09. The molecule has 0 amide bonds. The van der Waals surface area contributed by atoms with Crippen molar-refractivity contribution in [2.24, 2.45) is 9.98 Å². The predicted octanol–water partition coefficient (Wildman–Crippen LogP) is 5.12. The Morgan fingerprint density at radius 3 is 1.31 bits per heavy atom. The molecule has 2 atom stereocenters. The fraction of sp³-hybridized carbons (Fsp3) is 0.588. The second kappa shape index (κ2) is 15.5. The summed E-state index contributed by atoms with van der Waals surface area (Å²) in [5.74, 6) is 1.94. The van der Waals surface area contributed by atoms with Crippen LogP contribution in [0.3, 0.4) is 0 Å². The van der Waals surface area contributed by atoms with Crippen molar-refractivity contribution in [3.63, 3.8) is 0 Å². The van der Waals surface area contributed by atoms with Gasteiger partial charge in [0, 0.05) is 51.8 Å². The molecule has 0 aliphatic heterocycles. The first-order valence-electron chi connectivity index (χ1n) is 14.7. The number of rotatable bonds is 8. The van der Waals surface area contributed by atoms with E-state index in [0.29, 0.717) is 11.1 Å². The summed E-state index contributed by atoms with van der Waals surface area (Å²) in [4.78, 5) is 9.89. The van der Waals surface area contributed by atoms with Gasteiger partial charge < -0.3 is 32.1 Å². The van der Waals surface area contributed by atoms with Gasteiger partial charge in [0.25, 0.3) is 0 Å². The third kappa shape index (κ3) is 10.2. The molecule has 2 aromatic rings. The number of aliphatic imine (C=N–C) groups is 2. The number of hydrogen-bond donors (Lipinski definition) is 2. The molecule has 0 aromatic heterocycles. The standard InChI is InChI=1S/C34H50N2O4.ClH.Mn/c1-21(2)39-25-15-23(31(37)27(17-25)33(5,6)7)19-35-29-13-11-12-14-30(29)36-20-24-16-26(40-22(3)4)18-28(32(24)38)34(8,9)10;;/h15-22,29-30,37-38H,11-14H2,1-10H3;1H;/p-1. The van der Waals surface area contributed by atoms with Gasteiger partial charge in [-0.1, -0.05) is 54.4 Å². The Morgan fingerprint density at radius 1 is 0.690 bits per heavy atom. The van der Waals surface area contributed by atoms with Crippen molar-refractivity contribution >= 4 is 12.4 Å². The van der Waals surface area contributed by atoms with Gasteiger partial charge in [0.15, 0.2) is 0 Å². The van der Waals surface area contributed by atoms with Gasteiger partial charge in [0.2, 0.25) is 0 Å². The van der Waals surface area contributed by atoms with Gasteiger partial charge in [-0.2, -0.15) is 0 Å². The Hall–Kier alpha value is -2.21. The molecule has 0 saturated heterocycles. The fourth-order valence-corrected chi connectivity index (χ4v) is 5.07. The molecule has 235 valence electrons. The van der Waals surface area contributed by atoms with Crippen molar-refractivity contribution in [1.82, 2.24) is 0 Å². The molecule has 1 saturated carbocycles. The molecule has 0 heterocycles. The molecule has 0 spiro atoms. The van der Waals surface area contributed by atoms with Crippen molar-refractivity contribution in [3.8, 4) is 23.0 Å². The van der Waals surface area contributed by atoms with Crippen LogP contribution in [-0.2, 0) is 27.9 Å². The molecule has 8 heteroatoms. The van der Waals surface area contributed by atoms with E-state index in [1.807, 2.05) is 52.0 Å². The minimum atomic E-state index is -0.248. The van der Waals surface area contributed by atoms with Gasteiger partial charge in [0.05, 0.1) is 24.3 Å². The first-order valence-corrected chi connectivity index (χ1v) is 14.7. The predicted molar refractivity (Wildman–Crippen MR) is 166 cm³/mol. The third-order valence-electron chi connectivity index (χ3n) is 7.09. The molecule has 2 N–H and O–H groups in total. The zero-order chi connectivity index (χ0) is 29.8. The van der Waals surface area contributed by atoms with Crippen molar-refractivity contribution in [1.29, 1.82) is 0 Å². The van der Waals surface area contributed by atoms with E-state index in [9.17, 15) is 10.2 Å². The SMILES string of the molecule is CC(C)Oc1cc(C=NC2CCCCC2N=Cc2cc(OC(C)C)cc(C(C)(C)C)c2O)c(O)c(C(C)(C)C)c1.[Cl-].[Mn]. The Balaban J connectivity index is 0.00000441. The van der Waals surface area contributed by atoms with Gasteiger partial charge in [-0.05, 0) is 75.6 Å². The molecule has 2 unspecified atom stereocenters. The molecule has 6 nitrogen and oxygen atoms in total. The van der Waals surface area contributed by atoms with Gasteiger partial charge in [-0.3, -0.25) is 9.98 Å². The minimum Gasteiger partial charge on any atom is -1.00 e. The monoisotopic (exact) mass is 640 g/mol. The average Bonchev–Trinajstić information content (AvgIpc) is 2.82. The molecule has 3 rings (SSSR count). The molecule has 1 aliphatic carbocycles. The normalized spacial score (nSPS) is 17.9. The summed E-state index contributed by atoms with van der Waals surface area (Å²) in [5.41, 5.74) is 2.48.